The Hall–Kier alpha value is -3.52. The van der Waals surface area contributed by atoms with Crippen LogP contribution in [-0.4, -0.2) is 44.6 Å². The summed E-state index contributed by atoms with van der Waals surface area (Å²) >= 11 is 0. The number of alkyl halides is 3. The minimum absolute atomic E-state index is 0.136. The maximum Gasteiger partial charge on any atom is 0.471 e. The van der Waals surface area contributed by atoms with Crippen LogP contribution in [0.25, 0.3) is 0 Å². The lowest BCUT2D eigenvalue weighted by Crippen LogP contribution is -2.39. The Kier molecular flexibility index (Phi) is 8.98. The highest BCUT2D eigenvalue weighted by Gasteiger charge is 2.43. The van der Waals surface area contributed by atoms with Gasteiger partial charge in [-0.15, -0.1) is 0 Å². The monoisotopic (exact) mass is 501 g/mol. The maximum absolute atomic E-state index is 12.7. The van der Waals surface area contributed by atoms with Crippen LogP contribution >= 0.6 is 0 Å². The zero-order valence-corrected chi connectivity index (χ0v) is 20.2. The number of rotatable bonds is 11. The van der Waals surface area contributed by atoms with Crippen molar-refractivity contribution in [2.45, 2.75) is 24.4 Å². The molecule has 8 heteroatoms. The van der Waals surface area contributed by atoms with Crippen LogP contribution < -0.4 is 14.8 Å². The highest BCUT2D eigenvalue weighted by Crippen LogP contribution is 2.50. The van der Waals surface area contributed by atoms with E-state index in [0.717, 1.165) is 16.7 Å². The second kappa shape index (κ2) is 11.9. The number of methoxy groups -OCH3 is 2. The average Bonchev–Trinajstić information content (AvgIpc) is 2.90. The van der Waals surface area contributed by atoms with Gasteiger partial charge in [-0.25, -0.2) is 0 Å². The van der Waals surface area contributed by atoms with Gasteiger partial charge in [0.05, 0.1) is 19.6 Å². The van der Waals surface area contributed by atoms with Crippen LogP contribution in [-0.2, 0) is 10.2 Å². The van der Waals surface area contributed by atoms with Crippen molar-refractivity contribution < 1.29 is 32.5 Å². The topological polar surface area (TPSA) is 67.8 Å². The second-order valence-electron chi connectivity index (χ2n) is 8.47. The van der Waals surface area contributed by atoms with Crippen molar-refractivity contribution in [1.29, 1.82) is 0 Å². The van der Waals surface area contributed by atoms with Crippen molar-refractivity contribution >= 4 is 5.91 Å². The summed E-state index contributed by atoms with van der Waals surface area (Å²) in [6.45, 7) is -0.521. The minimum atomic E-state index is -4.96. The fraction of sp³-hybridized carbons (Fsp3) is 0.321. The predicted octanol–water partition coefficient (Wildman–Crippen LogP) is 5.11. The Morgan fingerprint density at radius 1 is 0.861 bits per heavy atom. The van der Waals surface area contributed by atoms with Gasteiger partial charge in [-0.1, -0.05) is 66.7 Å². The molecule has 3 aromatic rings. The lowest BCUT2D eigenvalue weighted by atomic mass is 9.64. The maximum atomic E-state index is 12.7. The zero-order chi connectivity index (χ0) is 26.2. The molecule has 3 aromatic carbocycles. The van der Waals surface area contributed by atoms with Gasteiger partial charge >= 0.3 is 12.1 Å². The van der Waals surface area contributed by atoms with Crippen molar-refractivity contribution in [3.8, 4) is 11.5 Å². The summed E-state index contributed by atoms with van der Waals surface area (Å²) < 4.78 is 49.5. The van der Waals surface area contributed by atoms with Gasteiger partial charge in [0.25, 0.3) is 0 Å². The van der Waals surface area contributed by atoms with Crippen LogP contribution in [0.4, 0.5) is 13.2 Å². The van der Waals surface area contributed by atoms with Gasteiger partial charge in [0, 0.05) is 24.3 Å². The van der Waals surface area contributed by atoms with E-state index in [1.54, 1.807) is 14.2 Å². The average molecular weight is 502 g/mol. The fourth-order valence-corrected chi connectivity index (χ4v) is 4.69. The number of carbonyl (C=O) groups excluding carboxylic acids is 1. The third-order valence-electron chi connectivity index (χ3n) is 6.35. The van der Waals surface area contributed by atoms with Gasteiger partial charge in [-0.2, -0.15) is 13.2 Å². The Bertz CT molecular complexity index is 1090. The van der Waals surface area contributed by atoms with Gasteiger partial charge < -0.3 is 19.9 Å². The predicted molar refractivity (Wildman–Crippen MR) is 131 cm³/mol. The van der Waals surface area contributed by atoms with Gasteiger partial charge in [-0.3, -0.25) is 4.79 Å². The van der Waals surface area contributed by atoms with Crippen molar-refractivity contribution in [2.24, 2.45) is 5.92 Å². The van der Waals surface area contributed by atoms with Crippen LogP contribution in [0, 0.1) is 5.92 Å². The second-order valence-corrected chi connectivity index (χ2v) is 8.47. The van der Waals surface area contributed by atoms with Crippen LogP contribution in [0.1, 0.15) is 29.5 Å². The molecule has 0 radical (unpaired) electrons. The Morgan fingerprint density at radius 3 is 1.83 bits per heavy atom. The highest BCUT2D eigenvalue weighted by molar-refractivity contribution is 5.81. The van der Waals surface area contributed by atoms with Crippen molar-refractivity contribution in [1.82, 2.24) is 5.32 Å². The smallest absolute Gasteiger partial charge is 0.471 e. The largest absolute Gasteiger partial charge is 0.496 e. The molecule has 0 aliphatic carbocycles. The van der Waals surface area contributed by atoms with Crippen molar-refractivity contribution in [2.75, 3.05) is 27.4 Å². The summed E-state index contributed by atoms with van der Waals surface area (Å²) in [6.07, 6.45) is -4.51. The standard InChI is InChI=1S/C28H30F3NO4/c1-35-24-14-8-6-12-22(24)27(21-10-4-3-5-11-21,23-13-7-9-15-25(23)36-2)18-20(19-33)16-17-32-26(34)28(29,30)31/h3-15,20,33H,16-19H2,1-2H3,(H,32,34). The van der Waals surface area contributed by atoms with Crippen LogP contribution in [0.3, 0.4) is 0 Å². The van der Waals surface area contributed by atoms with Gasteiger partial charge in [-0.05, 0) is 36.5 Å². The number of hydrogen-bond acceptors (Lipinski definition) is 4. The first-order valence-corrected chi connectivity index (χ1v) is 11.6. The summed E-state index contributed by atoms with van der Waals surface area (Å²) in [5, 5.41) is 12.2. The molecule has 1 atom stereocenters. The number of nitrogens with one attached hydrogen (secondary N) is 1. The number of para-hydroxylation sites is 2. The Labute approximate surface area is 208 Å². The molecule has 0 aliphatic rings. The fourth-order valence-electron chi connectivity index (χ4n) is 4.69. The molecule has 0 aliphatic heterocycles. The molecule has 0 bridgehead atoms. The molecular weight excluding hydrogens is 471 g/mol. The minimum Gasteiger partial charge on any atom is -0.496 e. The summed E-state index contributed by atoms with van der Waals surface area (Å²) in [5.74, 6) is -1.22. The Morgan fingerprint density at radius 2 is 1.36 bits per heavy atom. The number of ether oxygens (including phenoxy) is 2. The van der Waals surface area contributed by atoms with Gasteiger partial charge in [0.2, 0.25) is 0 Å². The summed E-state index contributed by atoms with van der Waals surface area (Å²) in [4.78, 5) is 11.3. The highest BCUT2D eigenvalue weighted by atomic mass is 19.4. The number of hydrogen-bond donors (Lipinski definition) is 2. The number of carbonyl (C=O) groups is 1. The molecule has 0 saturated carbocycles. The van der Waals surface area contributed by atoms with Gasteiger partial charge in [0.1, 0.15) is 11.5 Å². The van der Waals surface area contributed by atoms with E-state index in [1.165, 1.54) is 0 Å². The Balaban J connectivity index is 2.17. The summed E-state index contributed by atoms with van der Waals surface area (Å²) in [5.41, 5.74) is 1.65. The molecule has 0 saturated heterocycles. The normalized spacial score (nSPS) is 12.6. The van der Waals surface area contributed by atoms with E-state index in [4.69, 9.17) is 9.47 Å². The molecule has 0 spiro atoms. The van der Waals surface area contributed by atoms with E-state index in [1.807, 2.05) is 84.2 Å². The lowest BCUT2D eigenvalue weighted by molar-refractivity contribution is -0.173. The number of aliphatic hydroxyl groups excluding tert-OH is 1. The summed E-state index contributed by atoms with van der Waals surface area (Å²) in [7, 11) is 3.15. The molecule has 1 amide bonds. The number of aliphatic hydroxyl groups is 1. The van der Waals surface area contributed by atoms with Crippen LogP contribution in [0.15, 0.2) is 78.9 Å². The quantitative estimate of drug-likeness (QED) is 0.359. The molecule has 0 fully saturated rings. The molecule has 36 heavy (non-hydrogen) atoms. The molecule has 1 unspecified atom stereocenters. The number of benzene rings is 3. The van der Waals surface area contributed by atoms with Crippen LogP contribution in [0.2, 0.25) is 0 Å². The third kappa shape index (κ3) is 5.82. The first-order chi connectivity index (χ1) is 17.3. The van der Waals surface area contributed by atoms with Crippen molar-refractivity contribution in [3.63, 3.8) is 0 Å². The molecule has 2 N–H and O–H groups in total. The molecule has 5 nitrogen and oxygen atoms in total. The van der Waals surface area contributed by atoms with Crippen molar-refractivity contribution in [3.05, 3.63) is 95.6 Å². The molecule has 0 aromatic heterocycles. The number of halogens is 3. The zero-order valence-electron chi connectivity index (χ0n) is 20.2. The molecule has 192 valence electrons. The number of amides is 1. The first-order valence-electron chi connectivity index (χ1n) is 11.6. The lowest BCUT2D eigenvalue weighted by Gasteiger charge is -2.40. The van der Waals surface area contributed by atoms with Gasteiger partial charge in [0.15, 0.2) is 0 Å². The molecule has 0 heterocycles. The van der Waals surface area contributed by atoms with E-state index in [0.29, 0.717) is 17.9 Å². The summed E-state index contributed by atoms with van der Waals surface area (Å²) in [6, 6.07) is 24.7. The van der Waals surface area contributed by atoms with E-state index in [2.05, 4.69) is 0 Å². The molecular formula is C28H30F3NO4. The first kappa shape index (κ1) is 27.1. The van der Waals surface area contributed by atoms with E-state index < -0.39 is 23.4 Å². The molecule has 3 rings (SSSR count). The van der Waals surface area contributed by atoms with E-state index in [9.17, 15) is 23.1 Å². The van der Waals surface area contributed by atoms with E-state index in [-0.39, 0.29) is 19.6 Å². The van der Waals surface area contributed by atoms with E-state index >= 15 is 0 Å². The third-order valence-corrected chi connectivity index (χ3v) is 6.35. The SMILES string of the molecule is COc1ccccc1C(CC(CO)CCNC(=O)C(F)(F)F)(c1ccccc1)c1ccccc1OC. The van der Waals surface area contributed by atoms with Crippen LogP contribution in [0.5, 0.6) is 11.5 Å².